The molecule has 1 aliphatic carbocycles. The molecule has 0 radical (unpaired) electrons. The Morgan fingerprint density at radius 1 is 0.472 bits per heavy atom. The van der Waals surface area contributed by atoms with Crippen LogP contribution in [0.25, 0.3) is 11.1 Å². The summed E-state index contributed by atoms with van der Waals surface area (Å²) in [4.78, 5) is 0. The molecule has 0 aliphatic heterocycles. The van der Waals surface area contributed by atoms with Crippen LogP contribution < -0.4 is 36.4 Å². The van der Waals surface area contributed by atoms with Crippen molar-refractivity contribution in [2.75, 3.05) is 7.11 Å². The van der Waals surface area contributed by atoms with Crippen LogP contribution in [0.2, 0.25) is 0 Å². The SMILES string of the molecule is C[O][Ti+2]([c]1ccccc1)([c]1ccccc1)[c]1ccccc1C1c2ccccc2-c2ccccc21.[Cl-].[Cl-]. The summed E-state index contributed by atoms with van der Waals surface area (Å²) in [5.41, 5.74) is 6.80. The molecule has 5 aromatic carbocycles. The van der Waals surface area contributed by atoms with Crippen molar-refractivity contribution in [1.82, 2.24) is 0 Å². The molecule has 178 valence electrons. The summed E-state index contributed by atoms with van der Waals surface area (Å²) in [6.07, 6.45) is 0. The smallest absolute Gasteiger partial charge is 1.00 e. The number of hydrogen-bond donors (Lipinski definition) is 0. The standard InChI is InChI=1S/C19H13.2C6H5.CH3O.2ClH.Ti/c1-2-8-14(9-3-1)19-17-12-6-4-10-15(17)16-11-5-7-13-18(16)19;2*1-2-4-6-5-3-1;1-2;;;/h1-8,10-13,19H;2*1-5H;1H3;2*1H;/q;;;-1;;;+3/p-2. The van der Waals surface area contributed by atoms with Crippen LogP contribution in [0.15, 0.2) is 133 Å². The fraction of sp³-hybridized carbons (Fsp3) is 0.0625. The average molecular weight is 545 g/mol. The summed E-state index contributed by atoms with van der Waals surface area (Å²) in [6, 6.07) is 48.5. The van der Waals surface area contributed by atoms with Crippen LogP contribution >= 0.6 is 0 Å². The zero-order valence-electron chi connectivity index (χ0n) is 19.9. The molecular formula is C32H26Cl2OTi. The van der Waals surface area contributed by atoms with Crippen LogP contribution in [0.3, 0.4) is 0 Å². The van der Waals surface area contributed by atoms with Gasteiger partial charge in [0.05, 0.1) is 0 Å². The van der Waals surface area contributed by atoms with E-state index in [0.29, 0.717) is 0 Å². The molecule has 0 saturated carbocycles. The molecule has 0 aromatic heterocycles. The molecule has 1 aliphatic rings. The van der Waals surface area contributed by atoms with Crippen molar-refractivity contribution < 1.29 is 45.1 Å². The molecule has 0 atom stereocenters. The van der Waals surface area contributed by atoms with Gasteiger partial charge in [-0.25, -0.2) is 0 Å². The van der Waals surface area contributed by atoms with E-state index in [0.717, 1.165) is 0 Å². The minimum atomic E-state index is -3.46. The number of benzene rings is 5. The topological polar surface area (TPSA) is 9.23 Å². The van der Waals surface area contributed by atoms with Crippen molar-refractivity contribution in [1.29, 1.82) is 0 Å². The second kappa shape index (κ2) is 11.2. The zero-order valence-corrected chi connectivity index (χ0v) is 23.0. The molecule has 6 rings (SSSR count). The third-order valence-corrected chi connectivity index (χ3v) is 13.6. The molecule has 0 fully saturated rings. The Morgan fingerprint density at radius 2 is 0.861 bits per heavy atom. The number of halogens is 2. The Kier molecular flexibility index (Phi) is 8.20. The summed E-state index contributed by atoms with van der Waals surface area (Å²) >= 11 is -3.46. The van der Waals surface area contributed by atoms with Gasteiger partial charge in [-0.15, -0.1) is 0 Å². The maximum Gasteiger partial charge on any atom is -1.00 e. The van der Waals surface area contributed by atoms with Gasteiger partial charge in [0.2, 0.25) is 0 Å². The van der Waals surface area contributed by atoms with Gasteiger partial charge in [0, 0.05) is 0 Å². The normalized spacial score (nSPS) is 11.7. The molecule has 4 heteroatoms. The van der Waals surface area contributed by atoms with Crippen molar-refractivity contribution in [3.63, 3.8) is 0 Å². The van der Waals surface area contributed by atoms with Gasteiger partial charge >= 0.3 is 206 Å². The van der Waals surface area contributed by atoms with E-state index < -0.39 is 17.0 Å². The van der Waals surface area contributed by atoms with Gasteiger partial charge in [-0.1, -0.05) is 0 Å². The summed E-state index contributed by atoms with van der Waals surface area (Å²) in [6.45, 7) is 0. The largest absolute Gasteiger partial charge is 1.00 e. The van der Waals surface area contributed by atoms with Crippen LogP contribution in [0.5, 0.6) is 0 Å². The van der Waals surface area contributed by atoms with Gasteiger partial charge in [-0.2, -0.15) is 0 Å². The van der Waals surface area contributed by atoms with Crippen LogP contribution in [0.1, 0.15) is 22.6 Å². The van der Waals surface area contributed by atoms with E-state index in [1.54, 1.807) is 0 Å². The Bertz CT molecular complexity index is 1370. The third kappa shape index (κ3) is 4.16. The Morgan fingerprint density at radius 3 is 1.33 bits per heavy atom. The van der Waals surface area contributed by atoms with Gasteiger partial charge < -0.3 is 24.8 Å². The molecule has 0 unspecified atom stereocenters. The van der Waals surface area contributed by atoms with Crippen molar-refractivity contribution in [2.24, 2.45) is 0 Å². The predicted octanol–water partition coefficient (Wildman–Crippen LogP) is -0.153. The van der Waals surface area contributed by atoms with E-state index in [1.807, 2.05) is 7.11 Å². The van der Waals surface area contributed by atoms with E-state index in [1.165, 1.54) is 39.4 Å². The number of rotatable bonds is 5. The second-order valence-electron chi connectivity index (χ2n) is 8.81. The summed E-state index contributed by atoms with van der Waals surface area (Å²) in [5, 5.41) is 0. The van der Waals surface area contributed by atoms with Crippen molar-refractivity contribution in [3.05, 3.63) is 150 Å². The molecule has 36 heavy (non-hydrogen) atoms. The van der Waals surface area contributed by atoms with E-state index in [9.17, 15) is 0 Å². The molecule has 0 N–H and O–H groups in total. The van der Waals surface area contributed by atoms with Gasteiger partial charge in [-0.3, -0.25) is 0 Å². The molecule has 0 saturated heterocycles. The van der Waals surface area contributed by atoms with Crippen LogP contribution in [-0.2, 0) is 20.3 Å². The number of hydrogen-bond acceptors (Lipinski definition) is 1. The zero-order chi connectivity index (χ0) is 23.0. The van der Waals surface area contributed by atoms with E-state index in [-0.39, 0.29) is 30.7 Å². The van der Waals surface area contributed by atoms with Crippen molar-refractivity contribution in [2.45, 2.75) is 5.92 Å². The van der Waals surface area contributed by atoms with Crippen molar-refractivity contribution >= 4 is 11.6 Å². The molecule has 1 nitrogen and oxygen atoms in total. The van der Waals surface area contributed by atoms with Gasteiger partial charge in [0.1, 0.15) is 0 Å². The third-order valence-electron chi connectivity index (χ3n) is 7.15. The first-order valence-corrected chi connectivity index (χ1v) is 14.8. The van der Waals surface area contributed by atoms with E-state index in [2.05, 4.69) is 133 Å². The molecule has 0 amide bonds. The fourth-order valence-corrected chi connectivity index (χ4v) is 11.9. The van der Waals surface area contributed by atoms with Gasteiger partial charge in [0.25, 0.3) is 0 Å². The Hall–Kier alpha value is -2.65. The first kappa shape index (κ1) is 26.4. The molecule has 0 bridgehead atoms. The predicted molar refractivity (Wildman–Crippen MR) is 138 cm³/mol. The average Bonchev–Trinajstić information content (AvgIpc) is 3.25. The maximum atomic E-state index is 6.76. The van der Waals surface area contributed by atoms with Crippen molar-refractivity contribution in [3.8, 4) is 11.1 Å². The van der Waals surface area contributed by atoms with Crippen LogP contribution in [0, 0.1) is 0 Å². The second-order valence-corrected chi connectivity index (χ2v) is 14.2. The van der Waals surface area contributed by atoms with Crippen LogP contribution in [-0.4, -0.2) is 7.11 Å². The first-order chi connectivity index (χ1) is 16.8. The first-order valence-electron chi connectivity index (χ1n) is 11.8. The van der Waals surface area contributed by atoms with Crippen LogP contribution in [0.4, 0.5) is 0 Å². The minimum Gasteiger partial charge on any atom is -1.00 e. The van der Waals surface area contributed by atoms with E-state index in [4.69, 9.17) is 3.32 Å². The molecule has 0 heterocycles. The van der Waals surface area contributed by atoms with Gasteiger partial charge in [-0.05, 0) is 0 Å². The van der Waals surface area contributed by atoms with Gasteiger partial charge in [0.15, 0.2) is 0 Å². The Labute approximate surface area is 229 Å². The minimum absolute atomic E-state index is 0. The summed E-state index contributed by atoms with van der Waals surface area (Å²) in [7, 11) is 1.91. The molecular weight excluding hydrogens is 519 g/mol. The summed E-state index contributed by atoms with van der Waals surface area (Å²) in [5.74, 6) is 0.191. The molecule has 5 aromatic rings. The Balaban J connectivity index is 0.00000152. The van der Waals surface area contributed by atoms with E-state index >= 15 is 0 Å². The maximum absolute atomic E-state index is 6.76. The summed E-state index contributed by atoms with van der Waals surface area (Å²) < 4.78 is 10.7. The number of fused-ring (bicyclic) bond motifs is 3. The molecule has 0 spiro atoms. The monoisotopic (exact) mass is 544 g/mol. The quantitative estimate of drug-likeness (QED) is 0.274. The fourth-order valence-electron chi connectivity index (χ4n) is 5.73.